The zero-order chi connectivity index (χ0) is 18.8. The molecule has 0 spiro atoms. The average Bonchev–Trinajstić information content (AvgIpc) is 3.12. The van der Waals surface area contributed by atoms with Crippen LogP contribution < -0.4 is 4.74 Å². The summed E-state index contributed by atoms with van der Waals surface area (Å²) in [5.74, 6) is 1.01. The van der Waals surface area contributed by atoms with Gasteiger partial charge in [0.05, 0.1) is 6.54 Å². The molecule has 0 bridgehead atoms. The molecule has 0 aliphatic carbocycles. The van der Waals surface area contributed by atoms with Crippen LogP contribution in [-0.4, -0.2) is 78.4 Å². The lowest BCUT2D eigenvalue weighted by molar-refractivity contribution is -0.140. The van der Waals surface area contributed by atoms with Crippen molar-refractivity contribution in [3.8, 4) is 5.75 Å². The SMILES string of the molecule is O=C(CN1CCN(C(=O)C2Cc3cc(Cl)ccc3O2)CC1)N1CCCCC1. The number of hydrogen-bond acceptors (Lipinski definition) is 4. The summed E-state index contributed by atoms with van der Waals surface area (Å²) in [5, 5.41) is 0.664. The van der Waals surface area contributed by atoms with Crippen LogP contribution in [0.25, 0.3) is 0 Å². The normalized spacial score (nSPS) is 23.1. The van der Waals surface area contributed by atoms with Gasteiger partial charge in [-0.25, -0.2) is 0 Å². The molecule has 4 rings (SSSR count). The van der Waals surface area contributed by atoms with E-state index in [0.29, 0.717) is 31.1 Å². The molecule has 7 heteroatoms. The third kappa shape index (κ3) is 4.22. The lowest BCUT2D eigenvalue weighted by atomic mass is 10.1. The lowest BCUT2D eigenvalue weighted by Crippen LogP contribution is -2.54. The molecule has 0 aromatic heterocycles. The molecular formula is C20H26ClN3O3. The number of amides is 2. The van der Waals surface area contributed by atoms with Gasteiger partial charge in [-0.3, -0.25) is 14.5 Å². The summed E-state index contributed by atoms with van der Waals surface area (Å²) in [5.41, 5.74) is 0.992. The number of piperazine rings is 1. The monoisotopic (exact) mass is 391 g/mol. The lowest BCUT2D eigenvalue weighted by Gasteiger charge is -2.36. The molecule has 2 amide bonds. The number of nitrogens with zero attached hydrogens (tertiary/aromatic N) is 3. The second-order valence-corrected chi connectivity index (χ2v) is 8.04. The predicted molar refractivity (Wildman–Crippen MR) is 103 cm³/mol. The zero-order valence-electron chi connectivity index (χ0n) is 15.5. The molecule has 3 aliphatic rings. The molecule has 0 radical (unpaired) electrons. The fourth-order valence-corrected chi connectivity index (χ4v) is 4.31. The Kier molecular flexibility index (Phi) is 5.55. The highest BCUT2D eigenvalue weighted by Gasteiger charge is 2.34. The number of halogens is 1. The summed E-state index contributed by atoms with van der Waals surface area (Å²) >= 11 is 6.03. The van der Waals surface area contributed by atoms with Gasteiger partial charge in [-0.15, -0.1) is 0 Å². The fourth-order valence-electron chi connectivity index (χ4n) is 4.12. The van der Waals surface area contributed by atoms with Gasteiger partial charge in [-0.05, 0) is 43.0 Å². The number of hydrogen-bond donors (Lipinski definition) is 0. The predicted octanol–water partition coefficient (Wildman–Crippen LogP) is 1.80. The molecule has 0 saturated carbocycles. The molecule has 1 atom stereocenters. The topological polar surface area (TPSA) is 53.1 Å². The van der Waals surface area contributed by atoms with Crippen molar-refractivity contribution in [3.05, 3.63) is 28.8 Å². The molecule has 2 fully saturated rings. The van der Waals surface area contributed by atoms with E-state index in [0.717, 1.165) is 50.3 Å². The maximum absolute atomic E-state index is 12.8. The van der Waals surface area contributed by atoms with Crippen molar-refractivity contribution in [1.29, 1.82) is 0 Å². The van der Waals surface area contributed by atoms with E-state index in [2.05, 4.69) is 4.90 Å². The van der Waals surface area contributed by atoms with Crippen LogP contribution >= 0.6 is 11.6 Å². The van der Waals surface area contributed by atoms with Crippen molar-refractivity contribution in [3.63, 3.8) is 0 Å². The van der Waals surface area contributed by atoms with Gasteiger partial charge in [0, 0.05) is 50.7 Å². The van der Waals surface area contributed by atoms with E-state index in [1.165, 1.54) is 6.42 Å². The largest absolute Gasteiger partial charge is 0.480 e. The molecule has 0 N–H and O–H groups in total. The van der Waals surface area contributed by atoms with Gasteiger partial charge in [-0.2, -0.15) is 0 Å². The molecule has 1 unspecified atom stereocenters. The first-order valence-electron chi connectivity index (χ1n) is 9.84. The average molecular weight is 392 g/mol. The minimum absolute atomic E-state index is 0.0318. The minimum Gasteiger partial charge on any atom is -0.480 e. The van der Waals surface area contributed by atoms with Crippen LogP contribution in [0.2, 0.25) is 5.02 Å². The third-order valence-electron chi connectivity index (χ3n) is 5.72. The van der Waals surface area contributed by atoms with Crippen molar-refractivity contribution < 1.29 is 14.3 Å². The van der Waals surface area contributed by atoms with Gasteiger partial charge >= 0.3 is 0 Å². The van der Waals surface area contributed by atoms with Crippen molar-refractivity contribution in [2.75, 3.05) is 45.8 Å². The van der Waals surface area contributed by atoms with Crippen molar-refractivity contribution in [1.82, 2.24) is 14.7 Å². The quantitative estimate of drug-likeness (QED) is 0.788. The molecule has 1 aromatic rings. The Balaban J connectivity index is 1.25. The van der Waals surface area contributed by atoms with Crippen molar-refractivity contribution >= 4 is 23.4 Å². The van der Waals surface area contributed by atoms with E-state index in [-0.39, 0.29) is 11.8 Å². The van der Waals surface area contributed by atoms with Crippen LogP contribution in [0.3, 0.4) is 0 Å². The number of piperidine rings is 1. The Morgan fingerprint density at radius 3 is 2.48 bits per heavy atom. The molecule has 6 nitrogen and oxygen atoms in total. The zero-order valence-corrected chi connectivity index (χ0v) is 16.3. The Labute approximate surface area is 165 Å². The van der Waals surface area contributed by atoms with E-state index in [1.807, 2.05) is 21.9 Å². The highest BCUT2D eigenvalue weighted by atomic mass is 35.5. The van der Waals surface area contributed by atoms with E-state index in [4.69, 9.17) is 16.3 Å². The Bertz CT molecular complexity index is 712. The van der Waals surface area contributed by atoms with E-state index < -0.39 is 6.10 Å². The van der Waals surface area contributed by atoms with E-state index in [9.17, 15) is 9.59 Å². The number of ether oxygens (including phenoxy) is 1. The Morgan fingerprint density at radius 2 is 1.74 bits per heavy atom. The summed E-state index contributed by atoms with van der Waals surface area (Å²) in [4.78, 5) is 31.2. The number of likely N-dealkylation sites (tertiary alicyclic amines) is 1. The third-order valence-corrected chi connectivity index (χ3v) is 5.96. The maximum Gasteiger partial charge on any atom is 0.264 e. The second-order valence-electron chi connectivity index (χ2n) is 7.61. The highest BCUT2D eigenvalue weighted by molar-refractivity contribution is 6.30. The highest BCUT2D eigenvalue weighted by Crippen LogP contribution is 2.31. The van der Waals surface area contributed by atoms with Crippen molar-refractivity contribution in [2.24, 2.45) is 0 Å². The molecule has 1 aromatic carbocycles. The summed E-state index contributed by atoms with van der Waals surface area (Å²) in [6.45, 7) is 4.99. The Morgan fingerprint density at radius 1 is 1.00 bits per heavy atom. The van der Waals surface area contributed by atoms with Gasteiger partial charge in [0.15, 0.2) is 6.10 Å². The molecule has 3 aliphatic heterocycles. The first-order chi connectivity index (χ1) is 13.1. The number of rotatable bonds is 3. The Hall–Kier alpha value is -1.79. The van der Waals surface area contributed by atoms with Crippen molar-refractivity contribution in [2.45, 2.75) is 31.8 Å². The summed E-state index contributed by atoms with van der Waals surface area (Å²) in [7, 11) is 0. The number of benzene rings is 1. The fraction of sp³-hybridized carbons (Fsp3) is 0.600. The molecule has 2 saturated heterocycles. The second kappa shape index (κ2) is 8.07. The smallest absolute Gasteiger partial charge is 0.264 e. The number of fused-ring (bicyclic) bond motifs is 1. The number of carbonyl (C=O) groups excluding carboxylic acids is 2. The standard InChI is InChI=1S/C20H26ClN3O3/c21-16-4-5-17-15(12-16)13-18(27-17)20(26)24-10-8-22(9-11-24)14-19(25)23-6-2-1-3-7-23/h4-5,12,18H,1-3,6-11,13-14H2. The maximum atomic E-state index is 12.8. The molecule has 3 heterocycles. The van der Waals surface area contributed by atoms with Crippen LogP contribution in [0.5, 0.6) is 5.75 Å². The van der Waals surface area contributed by atoms with Gasteiger partial charge < -0.3 is 14.5 Å². The molecule has 27 heavy (non-hydrogen) atoms. The minimum atomic E-state index is -0.458. The molecule has 146 valence electrons. The summed E-state index contributed by atoms with van der Waals surface area (Å²) in [6.07, 6.45) is 3.57. The van der Waals surface area contributed by atoms with E-state index >= 15 is 0 Å². The first-order valence-corrected chi connectivity index (χ1v) is 10.2. The van der Waals surface area contributed by atoms with Gasteiger partial charge in [0.25, 0.3) is 5.91 Å². The van der Waals surface area contributed by atoms with Crippen LogP contribution in [0.1, 0.15) is 24.8 Å². The van der Waals surface area contributed by atoms with Gasteiger partial charge in [0.1, 0.15) is 5.75 Å². The van der Waals surface area contributed by atoms with Gasteiger partial charge in [0.2, 0.25) is 5.91 Å². The van der Waals surface area contributed by atoms with Crippen LogP contribution in [0, 0.1) is 0 Å². The van der Waals surface area contributed by atoms with E-state index in [1.54, 1.807) is 6.07 Å². The summed E-state index contributed by atoms with van der Waals surface area (Å²) in [6, 6.07) is 5.48. The van der Waals surface area contributed by atoms with Crippen LogP contribution in [-0.2, 0) is 16.0 Å². The first kappa shape index (κ1) is 18.6. The van der Waals surface area contributed by atoms with Crippen LogP contribution in [0.15, 0.2) is 18.2 Å². The number of carbonyl (C=O) groups is 2. The molecular weight excluding hydrogens is 366 g/mol. The van der Waals surface area contributed by atoms with Gasteiger partial charge in [-0.1, -0.05) is 11.6 Å². The van der Waals surface area contributed by atoms with Crippen LogP contribution in [0.4, 0.5) is 0 Å². The summed E-state index contributed by atoms with van der Waals surface area (Å²) < 4.78 is 5.82.